The number of aromatic hydroxyl groups is 4. The molecule has 4 aromatic carbocycles. The molecule has 0 atom stereocenters. The first-order valence-electron chi connectivity index (χ1n) is 16.6. The van der Waals surface area contributed by atoms with Gasteiger partial charge in [0.15, 0.2) is 0 Å². The first-order chi connectivity index (χ1) is 25.4. The van der Waals surface area contributed by atoms with Crippen LogP contribution in [-0.2, 0) is 0 Å². The molecule has 8 heteroatoms. The zero-order valence-electron chi connectivity index (χ0n) is 27.4. The second-order valence-corrected chi connectivity index (χ2v) is 12.4. The van der Waals surface area contributed by atoms with Crippen LogP contribution >= 0.6 is 0 Å². The van der Waals surface area contributed by atoms with E-state index in [0.29, 0.717) is 56.8 Å². The van der Waals surface area contributed by atoms with Crippen LogP contribution < -0.4 is 0 Å². The summed E-state index contributed by atoms with van der Waals surface area (Å²) in [6.07, 6.45) is 14.9. The molecule has 0 saturated carbocycles. The van der Waals surface area contributed by atoms with Gasteiger partial charge in [0.25, 0.3) is 0 Å². The lowest BCUT2D eigenvalue weighted by Gasteiger charge is -2.14. The lowest BCUT2D eigenvalue weighted by molar-refractivity contribution is 0.447. The van der Waals surface area contributed by atoms with Gasteiger partial charge >= 0.3 is 0 Å². The van der Waals surface area contributed by atoms with E-state index < -0.39 is 0 Å². The number of phenols is 4. The van der Waals surface area contributed by atoms with Crippen LogP contribution in [0.3, 0.4) is 0 Å². The van der Waals surface area contributed by atoms with E-state index in [4.69, 9.17) is 20.0 Å². The Morgan fingerprint density at radius 1 is 0.288 bits per heavy atom. The number of hydrogen-bond acceptors (Lipinski definition) is 8. The van der Waals surface area contributed by atoms with E-state index in [2.05, 4.69) is 0 Å². The molecular weight excluding hydrogens is 649 g/mol. The van der Waals surface area contributed by atoms with E-state index in [1.54, 1.807) is 12.1 Å². The van der Waals surface area contributed by atoms with Gasteiger partial charge in [0.1, 0.15) is 23.0 Å². The highest BCUT2D eigenvalue weighted by atomic mass is 16.3. The maximum atomic E-state index is 11.2. The number of hydrogen-bond donors (Lipinski definition) is 4. The Labute approximate surface area is 298 Å². The summed E-state index contributed by atoms with van der Waals surface area (Å²) in [7, 11) is 0. The van der Waals surface area contributed by atoms with E-state index in [9.17, 15) is 20.4 Å². The molecule has 8 bridgehead atoms. The van der Waals surface area contributed by atoms with E-state index in [1.807, 2.05) is 109 Å². The fourth-order valence-corrected chi connectivity index (χ4v) is 6.97. The monoisotopic (exact) mass is 676 g/mol. The molecule has 8 nitrogen and oxygen atoms in total. The van der Waals surface area contributed by atoms with Crippen molar-refractivity contribution in [2.45, 2.75) is 0 Å². The van der Waals surface area contributed by atoms with Crippen molar-refractivity contribution >= 4 is 45.1 Å². The molecule has 0 aliphatic carbocycles. The molecule has 248 valence electrons. The average Bonchev–Trinajstić information content (AvgIpc) is 3.99. The standard InChI is InChI=1S/C44H28N4O4/c49-35-13-7-14-36(50)43(35)41-31-21-17-27(45-31)39(25-9-3-1-4-10-25)28-18-22-32(46-28)42(44-37(51)15-8-16-38(44)52)34-24-20-30(48-34)40(26-11-5-2-6-12-26)29-19-23-33(41)47-29/h1-24,49-52H. The van der Waals surface area contributed by atoms with Gasteiger partial charge in [-0.15, -0.1) is 0 Å². The fourth-order valence-electron chi connectivity index (χ4n) is 6.97. The van der Waals surface area contributed by atoms with Crippen molar-refractivity contribution in [2.24, 2.45) is 20.0 Å². The fraction of sp³-hybridized carbons (Fsp3) is 0. The Morgan fingerprint density at radius 2 is 0.577 bits per heavy atom. The van der Waals surface area contributed by atoms with Crippen LogP contribution in [0.1, 0.15) is 22.3 Å². The molecule has 0 spiro atoms. The molecule has 9 rings (SSSR count). The first-order valence-corrected chi connectivity index (χ1v) is 16.6. The SMILES string of the molecule is Oc1cccc(O)c1C1=C2C=CC(=N2)C(c2ccccc2)=C2C=CC(=N2)C(c2c(O)cccc2O)=C2C=CC(=N2)C(c2ccccc2)=C2C=CC1=N2. The molecule has 4 N–H and O–H groups in total. The smallest absolute Gasteiger partial charge is 0.127 e. The summed E-state index contributed by atoms with van der Waals surface area (Å²) in [5.41, 5.74) is 8.92. The van der Waals surface area contributed by atoms with Crippen LogP contribution in [0, 0.1) is 0 Å². The zero-order chi connectivity index (χ0) is 35.3. The van der Waals surface area contributed by atoms with Gasteiger partial charge in [-0.05, 0) is 84.0 Å². The Balaban J connectivity index is 1.40. The van der Waals surface area contributed by atoms with Crippen LogP contribution in [0.5, 0.6) is 23.0 Å². The second kappa shape index (κ2) is 12.2. The highest BCUT2D eigenvalue weighted by molar-refractivity contribution is 6.40. The number of aliphatic imine (C=N–C) groups is 4. The minimum Gasteiger partial charge on any atom is -0.507 e. The molecule has 0 amide bonds. The molecule has 5 aliphatic rings. The predicted octanol–water partition coefficient (Wildman–Crippen LogP) is 8.51. The molecular formula is C44H28N4O4. The summed E-state index contributed by atoms with van der Waals surface area (Å²) in [5.74, 6) is -0.451. The Kier molecular flexibility index (Phi) is 7.22. The lowest BCUT2D eigenvalue weighted by atomic mass is 9.97. The summed E-state index contributed by atoms with van der Waals surface area (Å²) >= 11 is 0. The van der Waals surface area contributed by atoms with Crippen molar-refractivity contribution < 1.29 is 20.4 Å². The molecule has 0 unspecified atom stereocenters. The summed E-state index contributed by atoms with van der Waals surface area (Å²) in [6.45, 7) is 0. The van der Waals surface area contributed by atoms with Gasteiger partial charge in [0.2, 0.25) is 0 Å². The van der Waals surface area contributed by atoms with Crippen LogP contribution in [0.15, 0.2) is 188 Å². The number of phenolic OH excluding ortho intramolecular Hbond substituents is 4. The van der Waals surface area contributed by atoms with E-state index in [-0.39, 0.29) is 34.1 Å². The van der Waals surface area contributed by atoms with Crippen molar-refractivity contribution in [3.8, 4) is 23.0 Å². The Hall–Kier alpha value is -7.32. The lowest BCUT2D eigenvalue weighted by Crippen LogP contribution is -2.04. The van der Waals surface area contributed by atoms with Crippen LogP contribution in [0.4, 0.5) is 0 Å². The summed E-state index contributed by atoms with van der Waals surface area (Å²) in [5, 5.41) is 44.7. The molecule has 5 aliphatic heterocycles. The van der Waals surface area contributed by atoms with E-state index >= 15 is 0 Å². The number of benzene rings is 4. The van der Waals surface area contributed by atoms with Crippen molar-refractivity contribution in [1.82, 2.24) is 0 Å². The predicted molar refractivity (Wildman–Crippen MR) is 206 cm³/mol. The Morgan fingerprint density at radius 3 is 0.904 bits per heavy atom. The normalized spacial score (nSPS) is 17.4. The van der Waals surface area contributed by atoms with Crippen LogP contribution in [0.25, 0.3) is 22.3 Å². The number of rotatable bonds is 4. The van der Waals surface area contributed by atoms with Crippen molar-refractivity contribution in [3.63, 3.8) is 0 Å². The largest absolute Gasteiger partial charge is 0.507 e. The Bertz CT molecular complexity index is 2400. The quantitative estimate of drug-likeness (QED) is 0.173. The van der Waals surface area contributed by atoms with Gasteiger partial charge in [-0.2, -0.15) is 0 Å². The highest BCUT2D eigenvalue weighted by Crippen LogP contribution is 2.43. The maximum Gasteiger partial charge on any atom is 0.127 e. The topological polar surface area (TPSA) is 130 Å². The van der Waals surface area contributed by atoms with Gasteiger partial charge in [-0.3, -0.25) is 0 Å². The van der Waals surface area contributed by atoms with Crippen LogP contribution in [-0.4, -0.2) is 43.3 Å². The first kappa shape index (κ1) is 30.7. The number of allylic oxidation sites excluding steroid dienone is 12. The van der Waals surface area contributed by atoms with Crippen LogP contribution in [0.2, 0.25) is 0 Å². The summed E-state index contributed by atoms with van der Waals surface area (Å²) in [4.78, 5) is 20.5. The van der Waals surface area contributed by atoms with E-state index in [0.717, 1.165) is 22.3 Å². The molecule has 4 aromatic rings. The minimum absolute atomic E-state index is 0.113. The third-order valence-corrected chi connectivity index (χ3v) is 9.27. The van der Waals surface area contributed by atoms with Crippen molar-refractivity contribution in [2.75, 3.05) is 0 Å². The third-order valence-electron chi connectivity index (χ3n) is 9.27. The molecule has 0 saturated heterocycles. The second-order valence-electron chi connectivity index (χ2n) is 12.4. The number of fused-ring (bicyclic) bond motifs is 4. The highest BCUT2D eigenvalue weighted by Gasteiger charge is 2.30. The molecule has 0 radical (unpaired) electrons. The summed E-state index contributed by atoms with van der Waals surface area (Å²) < 4.78 is 0. The van der Waals surface area contributed by atoms with Crippen molar-refractivity contribution in [3.05, 3.63) is 191 Å². The van der Waals surface area contributed by atoms with Gasteiger partial charge in [-0.1, -0.05) is 72.8 Å². The summed E-state index contributed by atoms with van der Waals surface area (Å²) in [6, 6.07) is 28.8. The van der Waals surface area contributed by atoms with Gasteiger partial charge in [0, 0.05) is 22.3 Å². The molecule has 0 aromatic heterocycles. The van der Waals surface area contributed by atoms with Crippen molar-refractivity contribution in [1.29, 1.82) is 0 Å². The average molecular weight is 677 g/mol. The third kappa shape index (κ3) is 5.09. The zero-order valence-corrected chi connectivity index (χ0v) is 27.4. The molecule has 0 fully saturated rings. The maximum absolute atomic E-state index is 11.2. The van der Waals surface area contributed by atoms with Gasteiger partial charge in [-0.25, -0.2) is 20.0 Å². The van der Waals surface area contributed by atoms with E-state index in [1.165, 1.54) is 24.3 Å². The molecule has 5 heterocycles. The van der Waals surface area contributed by atoms with Gasteiger partial charge < -0.3 is 20.4 Å². The van der Waals surface area contributed by atoms with Gasteiger partial charge in [0.05, 0.1) is 56.8 Å². The number of nitrogens with zero attached hydrogens (tertiary/aromatic N) is 4. The molecule has 52 heavy (non-hydrogen) atoms. The minimum atomic E-state index is -0.113.